The van der Waals surface area contributed by atoms with Crippen LogP contribution in [0.25, 0.3) is 0 Å². The number of hydrogen-bond acceptors (Lipinski definition) is 19. The molecule has 522 valence electrons. The topological polar surface area (TPSA) is 370 Å². The van der Waals surface area contributed by atoms with Crippen LogP contribution in [0.1, 0.15) is 106 Å². The van der Waals surface area contributed by atoms with Gasteiger partial charge in [-0.1, -0.05) is 55.4 Å². The molecule has 0 unspecified atom stereocenters. The third-order valence-corrected chi connectivity index (χ3v) is 20.3. The van der Waals surface area contributed by atoms with Gasteiger partial charge in [0.2, 0.25) is 0 Å². The number of hydrogen-bond donors (Lipinski definition) is 7. The van der Waals surface area contributed by atoms with Crippen molar-refractivity contribution in [3.05, 3.63) is 155 Å². The molecule has 18 atom stereocenters. The average Bonchev–Trinajstić information content (AvgIpc) is 1.65. The molecule has 5 aromatic rings. The number of ether oxygens (including phenoxy) is 6. The number of nitrogens with zero attached hydrogens (tertiary/aromatic N) is 6. The minimum Gasteiger partial charge on any atom is -0.461 e. The van der Waals surface area contributed by atoms with E-state index in [1.807, 2.05) is 30.7 Å². The van der Waals surface area contributed by atoms with Gasteiger partial charge in [-0.15, -0.1) is 34.8 Å². The van der Waals surface area contributed by atoms with E-state index in [0.29, 0.717) is 19.3 Å². The molecule has 5 aromatic heterocycles. The van der Waals surface area contributed by atoms with Crippen molar-refractivity contribution in [2.24, 2.45) is 29.6 Å². The molecule has 0 aromatic carbocycles. The lowest BCUT2D eigenvalue weighted by Gasteiger charge is -2.30. The van der Waals surface area contributed by atoms with E-state index in [1.165, 1.54) is 42.2 Å². The fourth-order valence-electron chi connectivity index (χ4n) is 12.1. The van der Waals surface area contributed by atoms with Crippen LogP contribution in [0.5, 0.6) is 6.01 Å². The van der Waals surface area contributed by atoms with Crippen molar-refractivity contribution < 1.29 is 65.7 Å². The second-order valence-corrected chi connectivity index (χ2v) is 24.6. The summed E-state index contributed by atoms with van der Waals surface area (Å²) in [5, 5.41) is 27.9. The SMILES string of the molecule is CCC1(CC)O[C@@H](n2ccc(=O)[nH]c2=O)[C@@H](F)[C@@H]1C.CC[C@@]1(CCl)O[C@@H](n2ccc(=O)[nH]c2=O)[C@@H](F)[C@@H]1C.C[C@H]1[C@H](F)[C@H](n2ccc(=O)[nH]c2=O)OC1(CO)CO.C[C@H]1[C@H](F)[C@H](n2ccc(=O)[nH]c2=O)O[C@@]1(CO)CCl.C[C@H]1[C@H](F)[C@H]2O[C@]1(CCl)COc1nc(=O)ccn12. The maximum atomic E-state index is 14.4. The summed E-state index contributed by atoms with van der Waals surface area (Å²) >= 11 is 17.6. The van der Waals surface area contributed by atoms with Crippen LogP contribution in [-0.4, -0.2) is 166 Å². The second-order valence-electron chi connectivity index (χ2n) is 23.8. The Labute approximate surface area is 545 Å². The summed E-state index contributed by atoms with van der Waals surface area (Å²) in [6.07, 6.45) is -4.19. The maximum absolute atomic E-state index is 14.4. The molecule has 2 bridgehead atoms. The van der Waals surface area contributed by atoms with Gasteiger partial charge in [-0.25, -0.2) is 41.1 Å². The predicted octanol–water partition coefficient (Wildman–Crippen LogP) is 2.91. The molecular weight excluding hydrogens is 1330 g/mol. The number of H-pyrrole nitrogens is 4. The van der Waals surface area contributed by atoms with E-state index >= 15 is 0 Å². The fourth-order valence-corrected chi connectivity index (χ4v) is 13.3. The Morgan fingerprint density at radius 1 is 0.436 bits per heavy atom. The molecule has 6 aliphatic heterocycles. The van der Waals surface area contributed by atoms with Crippen LogP contribution in [0.2, 0.25) is 0 Å². The summed E-state index contributed by atoms with van der Waals surface area (Å²) in [7, 11) is 0. The van der Waals surface area contributed by atoms with Crippen molar-refractivity contribution in [1.29, 1.82) is 0 Å². The van der Waals surface area contributed by atoms with Crippen molar-refractivity contribution >= 4 is 34.8 Å². The van der Waals surface area contributed by atoms with Crippen molar-refractivity contribution in [1.82, 2.24) is 47.8 Å². The van der Waals surface area contributed by atoms with Gasteiger partial charge in [0, 0.05) is 90.9 Å². The Morgan fingerprint density at radius 3 is 1.03 bits per heavy atom. The van der Waals surface area contributed by atoms with Crippen molar-refractivity contribution in [2.45, 2.75) is 165 Å². The number of aliphatic hydroxyl groups is 3. The molecule has 0 spiro atoms. The lowest BCUT2D eigenvalue weighted by atomic mass is 9.83. The van der Waals surface area contributed by atoms with E-state index in [-0.39, 0.29) is 42.1 Å². The van der Waals surface area contributed by atoms with Crippen LogP contribution in [0.4, 0.5) is 22.0 Å². The van der Waals surface area contributed by atoms with Gasteiger partial charge in [-0.2, -0.15) is 4.98 Å². The Kier molecular flexibility index (Phi) is 24.2. The normalized spacial score (nSPS) is 33.2. The minimum atomic E-state index is -1.59. The number of halogens is 8. The minimum absolute atomic E-state index is 0.0778. The molecule has 11 heterocycles. The number of aliphatic hydroxyl groups excluding tert-OH is 3. The summed E-state index contributed by atoms with van der Waals surface area (Å²) in [6, 6.07) is 5.85. The van der Waals surface area contributed by atoms with Crippen LogP contribution >= 0.6 is 34.8 Å². The van der Waals surface area contributed by atoms with E-state index in [1.54, 1.807) is 27.7 Å². The maximum Gasteiger partial charge on any atom is 0.330 e. The Bertz CT molecular complexity index is 3560. The molecule has 7 N–H and O–H groups in total. The first-order valence-electron chi connectivity index (χ1n) is 29.9. The standard InChI is InChI=1S/C13H19FN2O3.C12H16ClFN2O3.C11H14ClFN2O4.C11H12ClFN2O3.C11H15FN2O5/c1-4-13(5-2)8(3)10(14)11(19-13)16-7-6-9(17)15-12(16)18;1-3-12(6-13)7(2)9(14)10(19-12)16-5-4-8(17)15-11(16)18;1-6-8(13)9(19-11(6,4-12)5-16)15-3-2-7(17)14-10(15)18;1-6-8(13)9-15-3-2-7(16)14-10(15)17-5-11(6,4-12)18-9;1-6-8(12)9(19-11(6,4-15)5-16)14-3-2-7(17)13-10(14)18/h6-8,10-11H,4-5H2,1-3H3,(H,15,17,18);4-5,7,9-10H,3,6H2,1-2H3,(H,15,17,18);2-3,6,8-9,16H,4-5H2,1H3,(H,14,17,18);2-3,6,8-9H,4-5H2,1H3;2-3,6,8-9,15-16H,4-5H2,1H3,(H,13,17,18)/t8-,10-,11+;7-,9-,10+,12-;2*6-,8-,9+,11+;6-,8-,9+/m00000/s1. The van der Waals surface area contributed by atoms with Gasteiger partial charge < -0.3 is 43.7 Å². The molecule has 28 nitrogen and oxygen atoms in total. The number of rotatable bonds is 13. The van der Waals surface area contributed by atoms with Gasteiger partial charge >= 0.3 is 28.8 Å². The zero-order chi connectivity index (χ0) is 69.7. The Balaban J connectivity index is 0.000000166. The van der Waals surface area contributed by atoms with Gasteiger partial charge in [0.1, 0.15) is 23.4 Å². The number of fused-ring (bicyclic) bond motifs is 4. The summed E-state index contributed by atoms with van der Waals surface area (Å²) in [5.74, 6) is -2.41. The molecule has 5 saturated heterocycles. The second kappa shape index (κ2) is 30.3. The summed E-state index contributed by atoms with van der Waals surface area (Å²) in [4.78, 5) is 114. The highest BCUT2D eigenvalue weighted by Crippen LogP contribution is 2.50. The van der Waals surface area contributed by atoms with Gasteiger partial charge in [0.25, 0.3) is 27.8 Å². The van der Waals surface area contributed by atoms with E-state index < -0.39 is 178 Å². The van der Waals surface area contributed by atoms with Crippen molar-refractivity contribution in [3.8, 4) is 6.01 Å². The highest BCUT2D eigenvalue weighted by molar-refractivity contribution is 6.19. The highest BCUT2D eigenvalue weighted by Gasteiger charge is 2.58. The molecule has 36 heteroatoms. The number of aromatic nitrogens is 10. The third kappa shape index (κ3) is 14.4. The molecule has 5 fully saturated rings. The molecule has 0 amide bonds. The van der Waals surface area contributed by atoms with Crippen LogP contribution in [0.3, 0.4) is 0 Å². The largest absolute Gasteiger partial charge is 0.461 e. The van der Waals surface area contributed by atoms with Gasteiger partial charge in [0.15, 0.2) is 62.0 Å². The first-order chi connectivity index (χ1) is 44.4. The van der Waals surface area contributed by atoms with E-state index in [4.69, 9.17) is 63.2 Å². The van der Waals surface area contributed by atoms with E-state index in [0.717, 1.165) is 48.9 Å². The lowest BCUT2D eigenvalue weighted by Crippen LogP contribution is -2.44. The quantitative estimate of drug-likeness (QED) is 0.0658. The van der Waals surface area contributed by atoms with Crippen molar-refractivity contribution in [3.63, 3.8) is 0 Å². The Morgan fingerprint density at radius 2 is 0.734 bits per heavy atom. The average molecular weight is 1400 g/mol. The third-order valence-electron chi connectivity index (χ3n) is 19.0. The van der Waals surface area contributed by atoms with E-state index in [9.17, 15) is 80.4 Å². The molecule has 6 aliphatic rings. The zero-order valence-corrected chi connectivity index (χ0v) is 54.4. The molecule has 0 saturated carbocycles. The number of alkyl halides is 8. The smallest absolute Gasteiger partial charge is 0.330 e. The monoisotopic (exact) mass is 1400 g/mol. The van der Waals surface area contributed by atoms with Crippen LogP contribution in [-0.2, 0) is 23.7 Å². The zero-order valence-electron chi connectivity index (χ0n) is 52.2. The Hall–Kier alpha value is -6.40. The molecule has 94 heavy (non-hydrogen) atoms. The number of aromatic amines is 4. The lowest BCUT2D eigenvalue weighted by molar-refractivity contribution is -0.136. The van der Waals surface area contributed by atoms with Gasteiger partial charge in [-0.3, -0.25) is 66.7 Å². The fraction of sp³-hybridized carbons (Fsp3) is 0.655. The first kappa shape index (κ1) is 75.0. The van der Waals surface area contributed by atoms with Gasteiger partial charge in [-0.05, 0) is 19.3 Å². The first-order valence-corrected chi connectivity index (χ1v) is 31.6. The van der Waals surface area contributed by atoms with E-state index in [2.05, 4.69) is 15.0 Å². The molecule has 0 aliphatic carbocycles. The molecule has 0 radical (unpaired) electrons. The molecule has 11 rings (SSSR count). The van der Waals surface area contributed by atoms with Gasteiger partial charge in [0.05, 0.1) is 48.7 Å². The number of nitrogens with one attached hydrogen (secondary N) is 4. The van der Waals surface area contributed by atoms with Crippen LogP contribution < -0.4 is 55.3 Å². The van der Waals surface area contributed by atoms with Crippen LogP contribution in [0.15, 0.2) is 104 Å². The highest BCUT2D eigenvalue weighted by atomic mass is 35.5. The summed E-state index contributed by atoms with van der Waals surface area (Å²) in [6.45, 7) is 12.6. The predicted molar refractivity (Wildman–Crippen MR) is 328 cm³/mol. The molecular formula is C58H76Cl3F5N10O18. The van der Waals surface area contributed by atoms with Crippen molar-refractivity contribution in [2.75, 3.05) is 44.1 Å². The summed E-state index contributed by atoms with van der Waals surface area (Å²) in [5.41, 5.74) is -10.4. The summed E-state index contributed by atoms with van der Waals surface area (Å²) < 4.78 is 111. The van der Waals surface area contributed by atoms with Crippen LogP contribution in [0, 0.1) is 29.6 Å².